The zero-order valence-electron chi connectivity index (χ0n) is 10.3. The fraction of sp³-hybridized carbons (Fsp3) is 0.462. The van der Waals surface area contributed by atoms with Gasteiger partial charge in [0, 0.05) is 37.2 Å². The van der Waals surface area contributed by atoms with Gasteiger partial charge in [-0.3, -0.25) is 0 Å². The van der Waals surface area contributed by atoms with Crippen LogP contribution in [-0.2, 0) is 19.9 Å². The van der Waals surface area contributed by atoms with Gasteiger partial charge in [0.05, 0.1) is 7.11 Å². The number of nitrogens with zero attached hydrogens (tertiary/aromatic N) is 2. The number of fused-ring (bicyclic) bond motifs is 3. The van der Waals surface area contributed by atoms with Gasteiger partial charge in [-0.2, -0.15) is 4.98 Å². The molecule has 90 valence electrons. The number of hydrogen-bond donors (Lipinski definition) is 1. The van der Waals surface area contributed by atoms with Gasteiger partial charge in [-0.1, -0.05) is 0 Å². The first kappa shape index (κ1) is 10.6. The molecule has 17 heavy (non-hydrogen) atoms. The summed E-state index contributed by atoms with van der Waals surface area (Å²) < 4.78 is 7.41. The number of aryl methyl sites for hydroxylation is 1. The summed E-state index contributed by atoms with van der Waals surface area (Å²) in [5.74, 6) is 0.686. The van der Waals surface area contributed by atoms with E-state index in [4.69, 9.17) is 4.74 Å². The average Bonchev–Trinajstić information content (AvgIpc) is 2.57. The Labute approximate surface area is 101 Å². The minimum absolute atomic E-state index is 0.686. The molecule has 0 spiro atoms. The van der Waals surface area contributed by atoms with E-state index in [2.05, 4.69) is 28.0 Å². The van der Waals surface area contributed by atoms with Gasteiger partial charge in [0.1, 0.15) is 5.65 Å². The Bertz CT molecular complexity index is 559. The van der Waals surface area contributed by atoms with E-state index in [0.717, 1.165) is 31.6 Å². The van der Waals surface area contributed by atoms with E-state index < -0.39 is 0 Å². The van der Waals surface area contributed by atoms with Crippen molar-refractivity contribution < 1.29 is 4.74 Å². The second-order valence-electron chi connectivity index (χ2n) is 4.46. The fourth-order valence-electron chi connectivity index (χ4n) is 2.66. The summed E-state index contributed by atoms with van der Waals surface area (Å²) in [6, 6.07) is 4.08. The largest absolute Gasteiger partial charge is 0.481 e. The highest BCUT2D eigenvalue weighted by atomic mass is 16.5. The van der Waals surface area contributed by atoms with Gasteiger partial charge >= 0.3 is 0 Å². The van der Waals surface area contributed by atoms with Crippen molar-refractivity contribution in [3.05, 3.63) is 23.4 Å². The molecule has 2 aromatic rings. The molecule has 0 bridgehead atoms. The summed E-state index contributed by atoms with van der Waals surface area (Å²) in [6.45, 7) is 2.10. The first-order valence-corrected chi connectivity index (χ1v) is 6.03. The zero-order valence-corrected chi connectivity index (χ0v) is 10.3. The molecule has 0 aromatic carbocycles. The van der Waals surface area contributed by atoms with Crippen LogP contribution in [0.2, 0.25) is 0 Å². The van der Waals surface area contributed by atoms with Crippen LogP contribution in [-0.4, -0.2) is 29.8 Å². The summed E-state index contributed by atoms with van der Waals surface area (Å²) in [5, 5.41) is 4.71. The van der Waals surface area contributed by atoms with E-state index in [-0.39, 0.29) is 0 Å². The SMILES string of the molecule is COc1ccc2c3c(n(C)c2n1)CCNCC3. The number of rotatable bonds is 1. The lowest BCUT2D eigenvalue weighted by atomic mass is 10.1. The van der Waals surface area contributed by atoms with Crippen LogP contribution in [0.1, 0.15) is 11.3 Å². The molecule has 4 nitrogen and oxygen atoms in total. The molecule has 3 heterocycles. The maximum atomic E-state index is 5.20. The molecule has 0 radical (unpaired) electrons. The first-order valence-electron chi connectivity index (χ1n) is 6.03. The van der Waals surface area contributed by atoms with E-state index in [9.17, 15) is 0 Å². The van der Waals surface area contributed by atoms with Crippen molar-refractivity contribution in [2.75, 3.05) is 20.2 Å². The van der Waals surface area contributed by atoms with Crippen LogP contribution in [0.15, 0.2) is 12.1 Å². The molecule has 4 heteroatoms. The number of hydrogen-bond acceptors (Lipinski definition) is 3. The third kappa shape index (κ3) is 1.60. The Hall–Kier alpha value is -1.55. The van der Waals surface area contributed by atoms with Crippen LogP contribution in [0.5, 0.6) is 5.88 Å². The maximum absolute atomic E-state index is 5.20. The van der Waals surface area contributed by atoms with E-state index >= 15 is 0 Å². The van der Waals surface area contributed by atoms with Gasteiger partial charge in [0.15, 0.2) is 0 Å². The molecule has 0 amide bonds. The first-order chi connectivity index (χ1) is 8.31. The van der Waals surface area contributed by atoms with Gasteiger partial charge in [0.2, 0.25) is 5.88 Å². The van der Waals surface area contributed by atoms with Crippen molar-refractivity contribution in [3.63, 3.8) is 0 Å². The molecule has 1 aliphatic rings. The molecule has 1 aliphatic heterocycles. The van der Waals surface area contributed by atoms with Crippen LogP contribution < -0.4 is 10.1 Å². The minimum Gasteiger partial charge on any atom is -0.481 e. The molecular weight excluding hydrogens is 214 g/mol. The van der Waals surface area contributed by atoms with Gasteiger partial charge in [-0.25, -0.2) is 0 Å². The monoisotopic (exact) mass is 231 g/mol. The molecule has 1 N–H and O–H groups in total. The average molecular weight is 231 g/mol. The molecule has 3 rings (SSSR count). The van der Waals surface area contributed by atoms with Crippen molar-refractivity contribution in [1.29, 1.82) is 0 Å². The number of nitrogens with one attached hydrogen (secondary N) is 1. The standard InChI is InChI=1S/C13H17N3O/c1-16-11-6-8-14-7-5-9(11)10-3-4-12(17-2)15-13(10)16/h3-4,14H,5-8H2,1-2H3. The van der Waals surface area contributed by atoms with Crippen molar-refractivity contribution in [1.82, 2.24) is 14.9 Å². The quantitative estimate of drug-likeness (QED) is 0.803. The van der Waals surface area contributed by atoms with E-state index in [1.807, 2.05) is 6.07 Å². The lowest BCUT2D eigenvalue weighted by Crippen LogP contribution is -2.17. The van der Waals surface area contributed by atoms with Crippen LogP contribution in [0, 0.1) is 0 Å². The van der Waals surface area contributed by atoms with Gasteiger partial charge < -0.3 is 14.6 Å². The van der Waals surface area contributed by atoms with Crippen molar-refractivity contribution in [2.45, 2.75) is 12.8 Å². The number of pyridine rings is 1. The molecule has 0 fully saturated rings. The zero-order chi connectivity index (χ0) is 11.8. The fourth-order valence-corrected chi connectivity index (χ4v) is 2.66. The summed E-state index contributed by atoms with van der Waals surface area (Å²) >= 11 is 0. The molecule has 0 saturated heterocycles. The lowest BCUT2D eigenvalue weighted by molar-refractivity contribution is 0.399. The van der Waals surface area contributed by atoms with Crippen LogP contribution in [0.3, 0.4) is 0 Å². The highest BCUT2D eigenvalue weighted by Gasteiger charge is 2.17. The third-order valence-electron chi connectivity index (χ3n) is 3.55. The van der Waals surface area contributed by atoms with Gasteiger partial charge in [0.25, 0.3) is 0 Å². The molecular formula is C13H17N3O. The second-order valence-corrected chi connectivity index (χ2v) is 4.46. The Morgan fingerprint density at radius 1 is 1.29 bits per heavy atom. The molecule has 0 unspecified atom stereocenters. The highest BCUT2D eigenvalue weighted by molar-refractivity contribution is 5.83. The van der Waals surface area contributed by atoms with Crippen molar-refractivity contribution in [2.24, 2.45) is 7.05 Å². The number of methoxy groups -OCH3 is 1. The summed E-state index contributed by atoms with van der Waals surface area (Å²) in [5.41, 5.74) is 3.89. The molecule has 0 aliphatic carbocycles. The summed E-state index contributed by atoms with van der Waals surface area (Å²) in [6.07, 6.45) is 2.16. The Balaban J connectivity index is 2.25. The normalized spacial score (nSPS) is 15.6. The topological polar surface area (TPSA) is 39.1 Å². The van der Waals surface area contributed by atoms with Crippen LogP contribution in [0.4, 0.5) is 0 Å². The number of ether oxygens (including phenoxy) is 1. The van der Waals surface area contributed by atoms with E-state index in [0.29, 0.717) is 5.88 Å². The van der Waals surface area contributed by atoms with E-state index in [1.54, 1.807) is 7.11 Å². The van der Waals surface area contributed by atoms with Crippen molar-refractivity contribution >= 4 is 11.0 Å². The van der Waals surface area contributed by atoms with Crippen LogP contribution >= 0.6 is 0 Å². The highest BCUT2D eigenvalue weighted by Crippen LogP contribution is 2.27. The van der Waals surface area contributed by atoms with Gasteiger partial charge in [-0.15, -0.1) is 0 Å². The van der Waals surface area contributed by atoms with E-state index in [1.165, 1.54) is 16.6 Å². The Kier molecular flexibility index (Phi) is 2.52. The summed E-state index contributed by atoms with van der Waals surface area (Å²) in [7, 11) is 3.75. The Morgan fingerprint density at radius 3 is 2.94 bits per heavy atom. The maximum Gasteiger partial charge on any atom is 0.214 e. The van der Waals surface area contributed by atoms with Crippen molar-refractivity contribution in [3.8, 4) is 5.88 Å². The lowest BCUT2D eigenvalue weighted by Gasteiger charge is -2.03. The minimum atomic E-state index is 0.686. The summed E-state index contributed by atoms with van der Waals surface area (Å²) in [4.78, 5) is 4.55. The Morgan fingerprint density at radius 2 is 2.12 bits per heavy atom. The molecule has 0 saturated carbocycles. The predicted molar refractivity (Wildman–Crippen MR) is 67.5 cm³/mol. The third-order valence-corrected chi connectivity index (χ3v) is 3.55. The second kappa shape index (κ2) is 4.04. The predicted octanol–water partition coefficient (Wildman–Crippen LogP) is 1.27. The smallest absolute Gasteiger partial charge is 0.214 e. The van der Waals surface area contributed by atoms with Gasteiger partial charge in [-0.05, 0) is 24.6 Å². The molecule has 0 atom stereocenters. The van der Waals surface area contributed by atoms with Crippen LogP contribution in [0.25, 0.3) is 11.0 Å². The molecule has 2 aromatic heterocycles. The number of aromatic nitrogens is 2.